The molecule has 0 aliphatic carbocycles. The first-order valence-corrected chi connectivity index (χ1v) is 7.89. The summed E-state index contributed by atoms with van der Waals surface area (Å²) in [6, 6.07) is 4.08. The molecule has 0 fully saturated rings. The molecule has 0 aromatic heterocycles. The molecule has 0 radical (unpaired) electrons. The predicted molar refractivity (Wildman–Crippen MR) is 88.9 cm³/mol. The van der Waals surface area contributed by atoms with Gasteiger partial charge in [-0.3, -0.25) is 4.79 Å². The van der Waals surface area contributed by atoms with Crippen molar-refractivity contribution in [3.63, 3.8) is 0 Å². The summed E-state index contributed by atoms with van der Waals surface area (Å²) in [7, 11) is 0. The summed E-state index contributed by atoms with van der Waals surface area (Å²) in [6.45, 7) is 8.90. The van der Waals surface area contributed by atoms with Crippen LogP contribution in [0.25, 0.3) is 0 Å². The zero-order valence-corrected chi connectivity index (χ0v) is 14.4. The van der Waals surface area contributed by atoms with Crippen LogP contribution in [-0.2, 0) is 4.79 Å². The van der Waals surface area contributed by atoms with Gasteiger partial charge in [-0.2, -0.15) is 0 Å². The number of aryl methyl sites for hydroxylation is 2. The summed E-state index contributed by atoms with van der Waals surface area (Å²) in [5, 5.41) is 3.00. The Morgan fingerprint density at radius 2 is 2.00 bits per heavy atom. The van der Waals surface area contributed by atoms with Crippen molar-refractivity contribution in [2.24, 2.45) is 17.6 Å². The van der Waals surface area contributed by atoms with Gasteiger partial charge in [0.15, 0.2) is 0 Å². The molecule has 0 bridgehead atoms. The second kappa shape index (κ2) is 7.79. The quantitative estimate of drug-likeness (QED) is 0.821. The van der Waals surface area contributed by atoms with E-state index in [9.17, 15) is 4.79 Å². The summed E-state index contributed by atoms with van der Waals surface area (Å²) in [4.78, 5) is 12.2. The van der Waals surface area contributed by atoms with Crippen LogP contribution in [0.3, 0.4) is 0 Å². The third-order valence-electron chi connectivity index (χ3n) is 3.31. The normalized spacial score (nSPS) is 12.6. The molecule has 1 rings (SSSR count). The highest BCUT2D eigenvalue weighted by Crippen LogP contribution is 2.28. The molecule has 112 valence electrons. The fourth-order valence-electron chi connectivity index (χ4n) is 2.46. The van der Waals surface area contributed by atoms with Crippen LogP contribution in [-0.4, -0.2) is 12.5 Å². The standard InChI is InChI=1S/C16H25BrN2O/c1-10(2)5-13(9-18)8-15(20)19-16-12(4)6-11(3)7-14(16)17/h6-7,10,13H,5,8-9,18H2,1-4H3,(H,19,20). The van der Waals surface area contributed by atoms with Gasteiger partial charge < -0.3 is 11.1 Å². The maximum absolute atomic E-state index is 12.2. The molecule has 0 saturated heterocycles. The lowest BCUT2D eigenvalue weighted by atomic mass is 9.94. The number of halogens is 1. The number of anilines is 1. The van der Waals surface area contributed by atoms with Crippen LogP contribution < -0.4 is 11.1 Å². The van der Waals surface area contributed by atoms with Crippen molar-refractivity contribution < 1.29 is 4.79 Å². The van der Waals surface area contributed by atoms with Gasteiger partial charge >= 0.3 is 0 Å². The Bertz CT molecular complexity index is 449. The lowest BCUT2D eigenvalue weighted by Crippen LogP contribution is -2.23. The van der Waals surface area contributed by atoms with Crippen molar-refractivity contribution in [2.75, 3.05) is 11.9 Å². The minimum atomic E-state index is 0.0359. The van der Waals surface area contributed by atoms with Gasteiger partial charge in [0.05, 0.1) is 5.69 Å². The van der Waals surface area contributed by atoms with Crippen LogP contribution in [0, 0.1) is 25.7 Å². The van der Waals surface area contributed by atoms with Crippen molar-refractivity contribution in [1.29, 1.82) is 0 Å². The molecule has 0 aliphatic heterocycles. The molecule has 0 spiro atoms. The Morgan fingerprint density at radius 1 is 1.35 bits per heavy atom. The van der Waals surface area contributed by atoms with Crippen molar-refractivity contribution in [3.05, 3.63) is 27.7 Å². The number of hydrogen-bond donors (Lipinski definition) is 2. The maximum Gasteiger partial charge on any atom is 0.224 e. The van der Waals surface area contributed by atoms with Crippen molar-refractivity contribution >= 4 is 27.5 Å². The molecule has 0 aliphatic rings. The Hall–Kier alpha value is -0.870. The Labute approximate surface area is 130 Å². The molecule has 0 saturated carbocycles. The smallest absolute Gasteiger partial charge is 0.224 e. The van der Waals surface area contributed by atoms with Gasteiger partial charge in [-0.05, 0) is 71.8 Å². The van der Waals surface area contributed by atoms with E-state index in [1.165, 1.54) is 5.56 Å². The van der Waals surface area contributed by atoms with E-state index < -0.39 is 0 Å². The molecule has 4 heteroatoms. The van der Waals surface area contributed by atoms with Crippen molar-refractivity contribution in [3.8, 4) is 0 Å². The molecule has 3 N–H and O–H groups in total. The third kappa shape index (κ3) is 5.25. The average molecular weight is 341 g/mol. The van der Waals surface area contributed by atoms with Crippen LogP contribution in [0.15, 0.2) is 16.6 Å². The Kier molecular flexibility index (Phi) is 6.69. The van der Waals surface area contributed by atoms with E-state index in [1.54, 1.807) is 0 Å². The number of carbonyl (C=O) groups is 1. The molecule has 1 unspecified atom stereocenters. The van der Waals surface area contributed by atoms with E-state index >= 15 is 0 Å². The van der Waals surface area contributed by atoms with Crippen LogP contribution >= 0.6 is 15.9 Å². The first kappa shape index (κ1) is 17.2. The van der Waals surface area contributed by atoms with E-state index in [2.05, 4.69) is 41.2 Å². The molecule has 1 aromatic carbocycles. The highest BCUT2D eigenvalue weighted by atomic mass is 79.9. The number of benzene rings is 1. The zero-order valence-electron chi connectivity index (χ0n) is 12.8. The molecule has 1 atom stereocenters. The minimum absolute atomic E-state index is 0.0359. The molecule has 20 heavy (non-hydrogen) atoms. The van der Waals surface area contributed by atoms with Crippen molar-refractivity contribution in [2.45, 2.75) is 40.5 Å². The van der Waals surface area contributed by atoms with Gasteiger partial charge in [-0.25, -0.2) is 0 Å². The number of nitrogens with one attached hydrogen (secondary N) is 1. The van der Waals surface area contributed by atoms with Crippen LogP contribution in [0.1, 0.15) is 37.8 Å². The summed E-state index contributed by atoms with van der Waals surface area (Å²) < 4.78 is 0.927. The van der Waals surface area contributed by atoms with Gasteiger partial charge in [-0.15, -0.1) is 0 Å². The summed E-state index contributed by atoms with van der Waals surface area (Å²) >= 11 is 3.51. The fraction of sp³-hybridized carbons (Fsp3) is 0.562. The SMILES string of the molecule is Cc1cc(C)c(NC(=O)CC(CN)CC(C)C)c(Br)c1. The lowest BCUT2D eigenvalue weighted by Gasteiger charge is -2.18. The molecule has 3 nitrogen and oxygen atoms in total. The molecule has 1 aromatic rings. The van der Waals surface area contributed by atoms with Gasteiger partial charge in [-0.1, -0.05) is 19.9 Å². The second-order valence-corrected chi connectivity index (χ2v) is 6.78. The van der Waals surface area contributed by atoms with Crippen LogP contribution in [0.5, 0.6) is 0 Å². The molecule has 0 heterocycles. The van der Waals surface area contributed by atoms with Gasteiger partial charge in [0.2, 0.25) is 5.91 Å². The van der Waals surface area contributed by atoms with E-state index in [4.69, 9.17) is 5.73 Å². The number of hydrogen-bond acceptors (Lipinski definition) is 2. The second-order valence-electron chi connectivity index (χ2n) is 5.92. The number of nitrogens with two attached hydrogens (primary N) is 1. The third-order valence-corrected chi connectivity index (χ3v) is 3.93. The van der Waals surface area contributed by atoms with E-state index in [0.717, 1.165) is 22.1 Å². The summed E-state index contributed by atoms with van der Waals surface area (Å²) in [5.41, 5.74) is 8.86. The zero-order chi connectivity index (χ0) is 15.3. The predicted octanol–water partition coefficient (Wildman–Crippen LogP) is 4.02. The largest absolute Gasteiger partial charge is 0.330 e. The van der Waals surface area contributed by atoms with E-state index in [-0.39, 0.29) is 11.8 Å². The Balaban J connectivity index is 2.71. The van der Waals surface area contributed by atoms with E-state index in [1.807, 2.05) is 19.9 Å². The van der Waals surface area contributed by atoms with Gasteiger partial charge in [0, 0.05) is 10.9 Å². The number of carbonyl (C=O) groups excluding carboxylic acids is 1. The topological polar surface area (TPSA) is 55.1 Å². The highest BCUT2D eigenvalue weighted by Gasteiger charge is 2.16. The monoisotopic (exact) mass is 340 g/mol. The van der Waals surface area contributed by atoms with Gasteiger partial charge in [0.25, 0.3) is 0 Å². The lowest BCUT2D eigenvalue weighted by molar-refractivity contribution is -0.117. The first-order chi connectivity index (χ1) is 9.33. The summed E-state index contributed by atoms with van der Waals surface area (Å²) in [5.74, 6) is 0.845. The van der Waals surface area contributed by atoms with Gasteiger partial charge in [0.1, 0.15) is 0 Å². The number of rotatable bonds is 6. The van der Waals surface area contributed by atoms with Crippen LogP contribution in [0.2, 0.25) is 0 Å². The maximum atomic E-state index is 12.2. The minimum Gasteiger partial charge on any atom is -0.330 e. The van der Waals surface area contributed by atoms with Crippen LogP contribution in [0.4, 0.5) is 5.69 Å². The average Bonchev–Trinajstić information content (AvgIpc) is 2.32. The molecular weight excluding hydrogens is 316 g/mol. The number of amides is 1. The first-order valence-electron chi connectivity index (χ1n) is 7.10. The summed E-state index contributed by atoms with van der Waals surface area (Å²) in [6.07, 6.45) is 1.46. The fourth-order valence-corrected chi connectivity index (χ4v) is 3.23. The van der Waals surface area contributed by atoms with Crippen molar-refractivity contribution in [1.82, 2.24) is 0 Å². The van der Waals surface area contributed by atoms with E-state index in [0.29, 0.717) is 18.9 Å². The molecular formula is C16H25BrN2O. The molecule has 1 amide bonds. The highest BCUT2D eigenvalue weighted by molar-refractivity contribution is 9.10. The Morgan fingerprint density at radius 3 is 2.50 bits per heavy atom.